The summed E-state index contributed by atoms with van der Waals surface area (Å²) in [5.74, 6) is 0.800. The van der Waals surface area contributed by atoms with Crippen LogP contribution in [0, 0.1) is 13.8 Å². The lowest BCUT2D eigenvalue weighted by molar-refractivity contribution is 0.520. The summed E-state index contributed by atoms with van der Waals surface area (Å²) in [7, 11) is 1.89. The van der Waals surface area contributed by atoms with Gasteiger partial charge < -0.3 is 10.2 Å². The van der Waals surface area contributed by atoms with Gasteiger partial charge in [0.25, 0.3) is 0 Å². The molecule has 0 bridgehead atoms. The Labute approximate surface area is 125 Å². The fraction of sp³-hybridized carbons (Fsp3) is 0.267. The molecule has 2 aromatic heterocycles. The third kappa shape index (κ3) is 2.07. The van der Waals surface area contributed by atoms with Crippen molar-refractivity contribution < 1.29 is 4.42 Å². The molecule has 0 aliphatic carbocycles. The Morgan fingerprint density at radius 2 is 2.10 bits per heavy atom. The molecule has 0 fully saturated rings. The Hall–Kier alpha value is -1.59. The highest BCUT2D eigenvalue weighted by Crippen LogP contribution is 2.33. The monoisotopic (exact) mass is 333 g/mol. The van der Waals surface area contributed by atoms with E-state index in [0.717, 1.165) is 38.0 Å². The van der Waals surface area contributed by atoms with Crippen LogP contribution in [0.5, 0.6) is 0 Å². The maximum Gasteiger partial charge on any atom is 0.135 e. The molecule has 1 aromatic carbocycles. The minimum Gasteiger partial charge on any atom is -0.459 e. The minimum atomic E-state index is -0.296. The number of halogens is 1. The van der Waals surface area contributed by atoms with Gasteiger partial charge in [-0.05, 0) is 32.0 Å². The smallest absolute Gasteiger partial charge is 0.135 e. The molecule has 3 rings (SSSR count). The molecule has 3 aromatic rings. The number of aromatic nitrogens is 2. The van der Waals surface area contributed by atoms with Crippen LogP contribution < -0.4 is 5.73 Å². The number of hydrogen-bond acceptors (Lipinski definition) is 3. The lowest BCUT2D eigenvalue weighted by Gasteiger charge is -2.08. The average molecular weight is 334 g/mol. The molecule has 1 atom stereocenters. The lowest BCUT2D eigenvalue weighted by atomic mass is 10.0. The van der Waals surface area contributed by atoms with Crippen molar-refractivity contribution in [1.29, 1.82) is 0 Å². The SMILES string of the molecule is Cc1nn(C)cc1C(N)c1oc2cc(Br)ccc2c1C. The van der Waals surface area contributed by atoms with Crippen LogP contribution in [-0.2, 0) is 7.05 Å². The summed E-state index contributed by atoms with van der Waals surface area (Å²) in [5.41, 5.74) is 10.2. The van der Waals surface area contributed by atoms with E-state index in [-0.39, 0.29) is 6.04 Å². The standard InChI is InChI=1S/C15H16BrN3O/c1-8-11-5-4-10(16)6-13(11)20-15(8)14(17)12-7-19(3)18-9(12)2/h4-7,14H,17H2,1-3H3. The third-order valence-corrected chi connectivity index (χ3v) is 4.10. The molecule has 0 aliphatic heterocycles. The normalized spacial score (nSPS) is 13.1. The second kappa shape index (κ2) is 4.75. The zero-order valence-corrected chi connectivity index (χ0v) is 13.2. The van der Waals surface area contributed by atoms with E-state index in [1.807, 2.05) is 45.3 Å². The Morgan fingerprint density at radius 1 is 1.35 bits per heavy atom. The maximum absolute atomic E-state index is 6.37. The van der Waals surface area contributed by atoms with Crippen molar-refractivity contribution in [2.24, 2.45) is 12.8 Å². The van der Waals surface area contributed by atoms with Crippen LogP contribution in [0.4, 0.5) is 0 Å². The predicted octanol–water partition coefficient (Wildman–Crippen LogP) is 3.59. The van der Waals surface area contributed by atoms with E-state index in [4.69, 9.17) is 10.2 Å². The summed E-state index contributed by atoms with van der Waals surface area (Å²) >= 11 is 3.46. The van der Waals surface area contributed by atoms with Gasteiger partial charge in [-0.2, -0.15) is 5.10 Å². The number of benzene rings is 1. The van der Waals surface area contributed by atoms with Crippen molar-refractivity contribution in [3.05, 3.63) is 51.4 Å². The molecule has 0 aliphatic rings. The first-order chi connectivity index (χ1) is 9.47. The molecule has 1 unspecified atom stereocenters. The first-order valence-corrected chi connectivity index (χ1v) is 7.21. The van der Waals surface area contributed by atoms with Gasteiger partial charge in [-0.1, -0.05) is 15.9 Å². The van der Waals surface area contributed by atoms with Crippen molar-refractivity contribution in [3.63, 3.8) is 0 Å². The molecule has 0 radical (unpaired) electrons. The molecule has 0 saturated carbocycles. The van der Waals surface area contributed by atoms with Gasteiger partial charge >= 0.3 is 0 Å². The van der Waals surface area contributed by atoms with E-state index in [1.165, 1.54) is 0 Å². The summed E-state index contributed by atoms with van der Waals surface area (Å²) in [6, 6.07) is 5.73. The molecule has 4 nitrogen and oxygen atoms in total. The van der Waals surface area contributed by atoms with Crippen LogP contribution in [0.25, 0.3) is 11.0 Å². The van der Waals surface area contributed by atoms with Crippen molar-refractivity contribution in [1.82, 2.24) is 9.78 Å². The fourth-order valence-electron chi connectivity index (χ4n) is 2.58. The number of hydrogen-bond donors (Lipinski definition) is 1. The van der Waals surface area contributed by atoms with E-state index in [2.05, 4.69) is 21.0 Å². The van der Waals surface area contributed by atoms with Crippen LogP contribution in [0.2, 0.25) is 0 Å². The predicted molar refractivity (Wildman–Crippen MR) is 82.6 cm³/mol. The second-order valence-electron chi connectivity index (χ2n) is 5.05. The van der Waals surface area contributed by atoms with E-state index in [1.54, 1.807) is 4.68 Å². The Balaban J connectivity index is 2.14. The summed E-state index contributed by atoms with van der Waals surface area (Å²) in [5, 5.41) is 5.44. The van der Waals surface area contributed by atoms with E-state index in [0.29, 0.717) is 0 Å². The molecular formula is C15H16BrN3O. The number of nitrogens with zero attached hydrogens (tertiary/aromatic N) is 2. The Kier molecular flexibility index (Phi) is 3.18. The summed E-state index contributed by atoms with van der Waals surface area (Å²) in [4.78, 5) is 0. The van der Waals surface area contributed by atoms with Crippen LogP contribution in [0.1, 0.15) is 28.6 Å². The number of fused-ring (bicyclic) bond motifs is 1. The maximum atomic E-state index is 6.37. The highest BCUT2D eigenvalue weighted by molar-refractivity contribution is 9.10. The van der Waals surface area contributed by atoms with E-state index in [9.17, 15) is 0 Å². The highest BCUT2D eigenvalue weighted by atomic mass is 79.9. The number of aryl methyl sites for hydroxylation is 3. The van der Waals surface area contributed by atoms with Crippen LogP contribution >= 0.6 is 15.9 Å². The van der Waals surface area contributed by atoms with E-state index < -0.39 is 0 Å². The molecule has 104 valence electrons. The van der Waals surface area contributed by atoms with Crippen LogP contribution in [0.3, 0.4) is 0 Å². The van der Waals surface area contributed by atoms with Crippen molar-refractivity contribution in [2.45, 2.75) is 19.9 Å². The Morgan fingerprint density at radius 3 is 2.75 bits per heavy atom. The van der Waals surface area contributed by atoms with Gasteiger partial charge in [-0.25, -0.2) is 0 Å². The molecule has 20 heavy (non-hydrogen) atoms. The molecule has 0 saturated heterocycles. The zero-order valence-electron chi connectivity index (χ0n) is 11.6. The third-order valence-electron chi connectivity index (χ3n) is 3.61. The average Bonchev–Trinajstić information content (AvgIpc) is 2.89. The largest absolute Gasteiger partial charge is 0.459 e. The quantitative estimate of drug-likeness (QED) is 0.779. The van der Waals surface area contributed by atoms with Crippen LogP contribution in [-0.4, -0.2) is 9.78 Å². The number of nitrogens with two attached hydrogens (primary N) is 1. The van der Waals surface area contributed by atoms with Gasteiger partial charge in [0.15, 0.2) is 0 Å². The summed E-state index contributed by atoms with van der Waals surface area (Å²) in [6.45, 7) is 4.00. The van der Waals surface area contributed by atoms with Gasteiger partial charge in [0.2, 0.25) is 0 Å². The number of furan rings is 1. The molecular weight excluding hydrogens is 318 g/mol. The second-order valence-corrected chi connectivity index (χ2v) is 5.97. The fourth-order valence-corrected chi connectivity index (χ4v) is 2.92. The highest BCUT2D eigenvalue weighted by Gasteiger charge is 2.21. The molecule has 0 spiro atoms. The Bertz CT molecular complexity index is 788. The molecule has 0 amide bonds. The van der Waals surface area contributed by atoms with Crippen molar-refractivity contribution in [3.8, 4) is 0 Å². The first kappa shape index (κ1) is 13.4. The molecule has 2 heterocycles. The minimum absolute atomic E-state index is 0.296. The lowest BCUT2D eigenvalue weighted by Crippen LogP contribution is -2.12. The van der Waals surface area contributed by atoms with Crippen molar-refractivity contribution >= 4 is 26.9 Å². The van der Waals surface area contributed by atoms with Gasteiger partial charge in [-0.15, -0.1) is 0 Å². The number of rotatable bonds is 2. The molecule has 5 heteroatoms. The van der Waals surface area contributed by atoms with Gasteiger partial charge in [0.1, 0.15) is 11.3 Å². The summed E-state index contributed by atoms with van der Waals surface area (Å²) in [6.07, 6.45) is 1.95. The van der Waals surface area contributed by atoms with Gasteiger partial charge in [0, 0.05) is 34.2 Å². The van der Waals surface area contributed by atoms with Gasteiger partial charge in [-0.3, -0.25) is 4.68 Å². The topological polar surface area (TPSA) is 57.0 Å². The first-order valence-electron chi connectivity index (χ1n) is 6.41. The van der Waals surface area contributed by atoms with E-state index >= 15 is 0 Å². The van der Waals surface area contributed by atoms with Gasteiger partial charge in [0.05, 0.1) is 11.7 Å². The van der Waals surface area contributed by atoms with Crippen molar-refractivity contribution in [2.75, 3.05) is 0 Å². The molecule has 2 N–H and O–H groups in total. The van der Waals surface area contributed by atoms with Crippen LogP contribution in [0.15, 0.2) is 33.3 Å². The summed E-state index contributed by atoms with van der Waals surface area (Å²) < 4.78 is 8.74. The zero-order chi connectivity index (χ0) is 14.4.